The number of benzene rings is 1. The fraction of sp³-hybridized carbons (Fsp3) is 0.167. The molecule has 86 valence electrons. The lowest BCUT2D eigenvalue weighted by Crippen LogP contribution is -2.09. The van der Waals surface area contributed by atoms with Crippen LogP contribution in [0, 0.1) is 12.4 Å². The third kappa shape index (κ3) is 1.74. The smallest absolute Gasteiger partial charge is 0.338 e. The van der Waals surface area contributed by atoms with Crippen molar-refractivity contribution in [1.29, 1.82) is 0 Å². The highest BCUT2D eigenvalue weighted by Gasteiger charge is 2.23. The number of hydrogen-bond donors (Lipinski definition) is 0. The van der Waals surface area contributed by atoms with Crippen molar-refractivity contribution >= 4 is 17.7 Å². The van der Waals surface area contributed by atoms with Gasteiger partial charge in [0, 0.05) is 5.56 Å². The molecule has 4 nitrogen and oxygen atoms in total. The standard InChI is InChI=1S/C12H8FNO3/c1-14-10-9(13)6-8(12(15)16-2)7-4-3-5-17-11(7)10/h3-4,6H,5H2,2H3. The van der Waals surface area contributed by atoms with Crippen molar-refractivity contribution in [2.24, 2.45) is 0 Å². The number of hydrogen-bond acceptors (Lipinski definition) is 3. The van der Waals surface area contributed by atoms with Gasteiger partial charge in [-0.25, -0.2) is 14.0 Å². The summed E-state index contributed by atoms with van der Waals surface area (Å²) in [5.74, 6) is -1.34. The van der Waals surface area contributed by atoms with E-state index in [1.54, 1.807) is 12.2 Å². The summed E-state index contributed by atoms with van der Waals surface area (Å²) in [6.45, 7) is 7.16. The molecular formula is C12H8FNO3. The molecule has 0 unspecified atom stereocenters. The lowest BCUT2D eigenvalue weighted by molar-refractivity contribution is 0.0599. The molecule has 1 aromatic rings. The molecule has 0 amide bonds. The van der Waals surface area contributed by atoms with Crippen molar-refractivity contribution in [3.05, 3.63) is 40.5 Å². The highest BCUT2D eigenvalue weighted by Crippen LogP contribution is 2.39. The number of esters is 1. The fourth-order valence-corrected chi connectivity index (χ4v) is 1.62. The van der Waals surface area contributed by atoms with Gasteiger partial charge in [-0.05, 0) is 12.1 Å². The zero-order valence-electron chi connectivity index (χ0n) is 8.99. The predicted molar refractivity (Wildman–Crippen MR) is 58.5 cm³/mol. The average molecular weight is 233 g/mol. The van der Waals surface area contributed by atoms with Crippen LogP contribution in [-0.4, -0.2) is 19.7 Å². The van der Waals surface area contributed by atoms with E-state index in [2.05, 4.69) is 9.58 Å². The zero-order valence-corrected chi connectivity index (χ0v) is 8.99. The molecule has 0 radical (unpaired) electrons. The molecule has 1 heterocycles. The van der Waals surface area contributed by atoms with Gasteiger partial charge in [-0.15, -0.1) is 0 Å². The molecule has 0 fully saturated rings. The molecule has 5 heteroatoms. The molecule has 0 atom stereocenters. The van der Waals surface area contributed by atoms with Crippen LogP contribution in [0.2, 0.25) is 0 Å². The topological polar surface area (TPSA) is 39.9 Å². The van der Waals surface area contributed by atoms with Crippen LogP contribution >= 0.6 is 0 Å². The van der Waals surface area contributed by atoms with E-state index in [9.17, 15) is 9.18 Å². The van der Waals surface area contributed by atoms with E-state index >= 15 is 0 Å². The number of carbonyl (C=O) groups excluding carboxylic acids is 1. The van der Waals surface area contributed by atoms with Gasteiger partial charge in [-0.1, -0.05) is 6.08 Å². The average Bonchev–Trinajstić information content (AvgIpc) is 2.37. The summed E-state index contributed by atoms with van der Waals surface area (Å²) < 4.78 is 23.4. The quantitative estimate of drug-likeness (QED) is 0.552. The number of ether oxygens (including phenoxy) is 2. The fourth-order valence-electron chi connectivity index (χ4n) is 1.62. The first-order chi connectivity index (χ1) is 8.19. The van der Waals surface area contributed by atoms with Crippen LogP contribution in [0.25, 0.3) is 10.9 Å². The van der Waals surface area contributed by atoms with Gasteiger partial charge in [0.15, 0.2) is 0 Å². The SMILES string of the molecule is [C-]#[N+]c1c(F)cc(C(=O)OC)c2c1OCC=C2. The minimum Gasteiger partial charge on any atom is -0.500 e. The van der Waals surface area contributed by atoms with Gasteiger partial charge < -0.3 is 9.47 Å². The maximum Gasteiger partial charge on any atom is 0.338 e. The highest BCUT2D eigenvalue weighted by atomic mass is 19.1. The summed E-state index contributed by atoms with van der Waals surface area (Å²) in [5.41, 5.74) is 0.232. The summed E-state index contributed by atoms with van der Waals surface area (Å²) in [4.78, 5) is 14.6. The Balaban J connectivity index is 2.73. The molecule has 1 aliphatic rings. The number of methoxy groups -OCH3 is 1. The zero-order chi connectivity index (χ0) is 12.4. The summed E-state index contributed by atoms with van der Waals surface area (Å²) in [6.07, 6.45) is 3.31. The van der Waals surface area contributed by atoms with Crippen LogP contribution in [0.15, 0.2) is 12.1 Å². The Kier molecular flexibility index (Phi) is 2.79. The second-order valence-corrected chi connectivity index (χ2v) is 3.31. The lowest BCUT2D eigenvalue weighted by atomic mass is 10.0. The Hall–Kier alpha value is -2.35. The third-order valence-corrected chi connectivity index (χ3v) is 2.37. The van der Waals surface area contributed by atoms with Crippen molar-refractivity contribution in [2.75, 3.05) is 13.7 Å². The Morgan fingerprint density at radius 2 is 2.41 bits per heavy atom. The predicted octanol–water partition coefficient (Wildman–Crippen LogP) is 2.57. The van der Waals surface area contributed by atoms with Gasteiger partial charge >= 0.3 is 5.97 Å². The van der Waals surface area contributed by atoms with E-state index in [0.29, 0.717) is 5.56 Å². The number of nitrogens with zero attached hydrogens (tertiary/aromatic N) is 1. The number of rotatable bonds is 1. The van der Waals surface area contributed by atoms with Gasteiger partial charge in [0.1, 0.15) is 18.2 Å². The van der Waals surface area contributed by atoms with Crippen molar-refractivity contribution in [3.63, 3.8) is 0 Å². The Morgan fingerprint density at radius 3 is 3.06 bits per heavy atom. The van der Waals surface area contributed by atoms with Crippen LogP contribution in [-0.2, 0) is 4.74 Å². The van der Waals surface area contributed by atoms with Crippen molar-refractivity contribution in [3.8, 4) is 5.75 Å². The van der Waals surface area contributed by atoms with Gasteiger partial charge in [0.2, 0.25) is 0 Å². The maximum absolute atomic E-state index is 13.6. The Labute approximate surface area is 97.1 Å². The lowest BCUT2D eigenvalue weighted by Gasteiger charge is -2.17. The number of carbonyl (C=O) groups is 1. The Bertz CT molecular complexity index is 558. The van der Waals surface area contributed by atoms with Gasteiger partial charge in [-0.3, -0.25) is 0 Å². The van der Waals surface area contributed by atoms with Crippen LogP contribution in [0.3, 0.4) is 0 Å². The van der Waals surface area contributed by atoms with Crippen LogP contribution in [0.1, 0.15) is 15.9 Å². The summed E-state index contributed by atoms with van der Waals surface area (Å²) in [5, 5.41) is 0. The molecule has 0 aromatic heterocycles. The molecule has 0 spiro atoms. The molecule has 0 saturated heterocycles. The number of halogens is 1. The Morgan fingerprint density at radius 1 is 1.65 bits per heavy atom. The molecule has 0 aliphatic carbocycles. The summed E-state index contributed by atoms with van der Waals surface area (Å²) in [7, 11) is 1.21. The summed E-state index contributed by atoms with van der Waals surface area (Å²) >= 11 is 0. The van der Waals surface area contributed by atoms with Crippen LogP contribution in [0.5, 0.6) is 5.75 Å². The molecule has 0 N–H and O–H groups in total. The van der Waals surface area contributed by atoms with E-state index in [1.165, 1.54) is 7.11 Å². The first kappa shape index (κ1) is 11.1. The first-order valence-corrected chi connectivity index (χ1v) is 4.80. The molecular weight excluding hydrogens is 225 g/mol. The first-order valence-electron chi connectivity index (χ1n) is 4.80. The van der Waals surface area contributed by atoms with E-state index in [0.717, 1.165) is 6.07 Å². The van der Waals surface area contributed by atoms with Crippen molar-refractivity contribution < 1.29 is 18.7 Å². The minimum atomic E-state index is -0.783. The van der Waals surface area contributed by atoms with Crippen molar-refractivity contribution in [1.82, 2.24) is 0 Å². The van der Waals surface area contributed by atoms with E-state index in [1.807, 2.05) is 0 Å². The largest absolute Gasteiger partial charge is 0.500 e. The van der Waals surface area contributed by atoms with Crippen molar-refractivity contribution in [2.45, 2.75) is 0 Å². The number of fused-ring (bicyclic) bond motifs is 1. The molecule has 0 saturated carbocycles. The molecule has 17 heavy (non-hydrogen) atoms. The second-order valence-electron chi connectivity index (χ2n) is 3.31. The molecule has 1 aromatic carbocycles. The normalized spacial score (nSPS) is 12.3. The summed E-state index contributed by atoms with van der Waals surface area (Å²) in [6, 6.07) is 0.997. The van der Waals surface area contributed by atoms with Crippen LogP contribution < -0.4 is 4.74 Å². The maximum atomic E-state index is 13.6. The van der Waals surface area contributed by atoms with E-state index in [-0.39, 0.29) is 23.6 Å². The van der Waals surface area contributed by atoms with Gasteiger partial charge in [-0.2, -0.15) is 0 Å². The van der Waals surface area contributed by atoms with Crippen LogP contribution in [0.4, 0.5) is 10.1 Å². The highest BCUT2D eigenvalue weighted by molar-refractivity contribution is 5.96. The van der Waals surface area contributed by atoms with E-state index < -0.39 is 11.8 Å². The van der Waals surface area contributed by atoms with Gasteiger partial charge in [0.25, 0.3) is 5.69 Å². The van der Waals surface area contributed by atoms with E-state index in [4.69, 9.17) is 11.3 Å². The van der Waals surface area contributed by atoms with Gasteiger partial charge in [0.05, 0.1) is 19.2 Å². The minimum absolute atomic E-state index is 0.0587. The molecule has 1 aliphatic heterocycles. The molecule has 2 rings (SSSR count). The monoisotopic (exact) mass is 233 g/mol. The third-order valence-electron chi connectivity index (χ3n) is 2.37. The molecule has 0 bridgehead atoms. The second kappa shape index (κ2) is 4.26.